The van der Waals surface area contributed by atoms with Crippen LogP contribution in [0.25, 0.3) is 0 Å². The highest BCUT2D eigenvalue weighted by atomic mass is 32.2. The highest BCUT2D eigenvalue weighted by Gasteiger charge is 2.53. The Hall–Kier alpha value is -1.48. The quantitative estimate of drug-likeness (QED) is 0.676. The van der Waals surface area contributed by atoms with E-state index in [1.54, 1.807) is 24.3 Å². The molecule has 1 saturated carbocycles. The normalized spacial score (nSPS) is 31.7. The van der Waals surface area contributed by atoms with Gasteiger partial charge in [0.1, 0.15) is 12.1 Å². The van der Waals surface area contributed by atoms with Crippen LogP contribution >= 0.6 is 0 Å². The van der Waals surface area contributed by atoms with Crippen LogP contribution in [-0.2, 0) is 23.8 Å². The van der Waals surface area contributed by atoms with Gasteiger partial charge in [-0.3, -0.25) is 8.98 Å². The van der Waals surface area contributed by atoms with Gasteiger partial charge in [-0.2, -0.15) is 8.42 Å². The smallest absolute Gasteiger partial charge is 0.264 e. The Morgan fingerprint density at radius 3 is 2.52 bits per heavy atom. The summed E-state index contributed by atoms with van der Waals surface area (Å²) in [5, 5.41) is 2.90. The molecule has 8 heteroatoms. The molecular weight excluding hydrogens is 394 g/mol. The van der Waals surface area contributed by atoms with E-state index < -0.39 is 34.7 Å². The van der Waals surface area contributed by atoms with Crippen molar-refractivity contribution >= 4 is 16.0 Å². The van der Waals surface area contributed by atoms with Gasteiger partial charge in [0.25, 0.3) is 16.0 Å². The molecule has 0 radical (unpaired) electrons. The highest BCUT2D eigenvalue weighted by molar-refractivity contribution is 7.86. The lowest BCUT2D eigenvalue weighted by atomic mass is 9.87. The highest BCUT2D eigenvalue weighted by Crippen LogP contribution is 2.46. The minimum atomic E-state index is -3.76. The van der Waals surface area contributed by atoms with Crippen LogP contribution in [0.5, 0.6) is 0 Å². The van der Waals surface area contributed by atoms with E-state index >= 15 is 0 Å². The molecule has 1 amide bonds. The molecule has 162 valence electrons. The van der Waals surface area contributed by atoms with Gasteiger partial charge in [-0.1, -0.05) is 32.0 Å². The zero-order valence-corrected chi connectivity index (χ0v) is 18.3. The third kappa shape index (κ3) is 5.57. The van der Waals surface area contributed by atoms with E-state index in [0.717, 1.165) is 25.5 Å². The number of nitrogens with one attached hydrogen (secondary N) is 1. The molecule has 1 unspecified atom stereocenters. The molecule has 0 spiro atoms. The topological polar surface area (TPSA) is 90.9 Å². The first-order valence-electron chi connectivity index (χ1n) is 10.1. The van der Waals surface area contributed by atoms with E-state index in [2.05, 4.69) is 19.2 Å². The molecule has 1 heterocycles. The SMILES string of the molecule is CCO[C@H]1O[C@H](C2CCC(C)(C)C2)[C@@H](OS(C)(=O)=O)[C@@H]1NC(=O)c1ccccc1. The van der Waals surface area contributed by atoms with Crippen molar-refractivity contribution < 1.29 is 26.9 Å². The fourth-order valence-electron chi connectivity index (χ4n) is 4.42. The van der Waals surface area contributed by atoms with Gasteiger partial charge in [0.15, 0.2) is 6.29 Å². The monoisotopic (exact) mass is 425 g/mol. The Morgan fingerprint density at radius 1 is 1.28 bits per heavy atom. The molecule has 5 atom stereocenters. The summed E-state index contributed by atoms with van der Waals surface area (Å²) in [4.78, 5) is 12.8. The molecule has 1 aliphatic heterocycles. The molecule has 0 aromatic heterocycles. The second kappa shape index (κ2) is 8.71. The van der Waals surface area contributed by atoms with Crippen molar-refractivity contribution in [1.29, 1.82) is 0 Å². The lowest BCUT2D eigenvalue weighted by Crippen LogP contribution is -2.50. The van der Waals surface area contributed by atoms with Crippen molar-refractivity contribution in [3.8, 4) is 0 Å². The minimum Gasteiger partial charge on any atom is -0.351 e. The average molecular weight is 426 g/mol. The lowest BCUT2D eigenvalue weighted by Gasteiger charge is -2.27. The maximum atomic E-state index is 12.8. The number of hydrogen-bond donors (Lipinski definition) is 1. The van der Waals surface area contributed by atoms with E-state index in [-0.39, 0.29) is 17.2 Å². The van der Waals surface area contributed by atoms with Crippen molar-refractivity contribution in [3.63, 3.8) is 0 Å². The van der Waals surface area contributed by atoms with Gasteiger partial charge in [0.2, 0.25) is 0 Å². The molecule has 2 aliphatic rings. The standard InChI is InChI=1S/C21H31NO6S/c1-5-26-20-16(22-19(23)14-9-7-6-8-10-14)18(28-29(4,24)25)17(27-20)15-11-12-21(2,3)13-15/h6-10,15-18,20H,5,11-13H2,1-4H3,(H,22,23)/t15?,16-,17+,18-,20-/m0/s1. The van der Waals surface area contributed by atoms with E-state index in [1.165, 1.54) is 0 Å². The molecule has 1 aromatic carbocycles. The second-order valence-electron chi connectivity index (χ2n) is 8.72. The first-order chi connectivity index (χ1) is 13.6. The molecule has 2 fully saturated rings. The molecule has 7 nitrogen and oxygen atoms in total. The van der Waals surface area contributed by atoms with Gasteiger partial charge in [-0.25, -0.2) is 0 Å². The number of amides is 1. The van der Waals surface area contributed by atoms with E-state index in [9.17, 15) is 13.2 Å². The molecule has 1 saturated heterocycles. The second-order valence-corrected chi connectivity index (χ2v) is 10.3. The van der Waals surface area contributed by atoms with Crippen molar-refractivity contribution in [2.75, 3.05) is 12.9 Å². The molecule has 1 N–H and O–H groups in total. The predicted molar refractivity (Wildman–Crippen MR) is 109 cm³/mol. The largest absolute Gasteiger partial charge is 0.351 e. The van der Waals surface area contributed by atoms with Crippen LogP contribution in [0, 0.1) is 11.3 Å². The summed E-state index contributed by atoms with van der Waals surface area (Å²) < 4.78 is 41.4. The molecule has 1 aromatic rings. The maximum absolute atomic E-state index is 12.8. The molecule has 3 rings (SSSR count). The molecule has 1 aliphatic carbocycles. The van der Waals surface area contributed by atoms with Gasteiger partial charge >= 0.3 is 0 Å². The van der Waals surface area contributed by atoms with Crippen LogP contribution in [0.15, 0.2) is 30.3 Å². The zero-order chi connectivity index (χ0) is 21.2. The van der Waals surface area contributed by atoms with E-state index in [4.69, 9.17) is 13.7 Å². The van der Waals surface area contributed by atoms with Crippen molar-refractivity contribution in [2.45, 2.75) is 64.6 Å². The number of hydrogen-bond acceptors (Lipinski definition) is 6. The maximum Gasteiger partial charge on any atom is 0.264 e. The van der Waals surface area contributed by atoms with Crippen LogP contribution in [0.3, 0.4) is 0 Å². The number of carbonyl (C=O) groups excluding carboxylic acids is 1. The van der Waals surface area contributed by atoms with Crippen LogP contribution in [0.1, 0.15) is 50.4 Å². The Bertz CT molecular complexity index is 810. The first-order valence-corrected chi connectivity index (χ1v) is 11.9. The van der Waals surface area contributed by atoms with Crippen molar-refractivity contribution in [2.24, 2.45) is 11.3 Å². The van der Waals surface area contributed by atoms with Crippen LogP contribution < -0.4 is 5.32 Å². The Morgan fingerprint density at radius 2 is 1.97 bits per heavy atom. The van der Waals surface area contributed by atoms with Crippen molar-refractivity contribution in [1.82, 2.24) is 5.32 Å². The van der Waals surface area contributed by atoms with Gasteiger partial charge < -0.3 is 14.8 Å². The lowest BCUT2D eigenvalue weighted by molar-refractivity contribution is -0.148. The minimum absolute atomic E-state index is 0.137. The Kier molecular flexibility index (Phi) is 6.67. The van der Waals surface area contributed by atoms with Gasteiger partial charge in [-0.05, 0) is 49.7 Å². The Balaban J connectivity index is 1.87. The van der Waals surface area contributed by atoms with E-state index in [0.29, 0.717) is 12.2 Å². The van der Waals surface area contributed by atoms with Crippen LogP contribution in [0.2, 0.25) is 0 Å². The predicted octanol–water partition coefficient (Wildman–Crippen LogP) is 2.72. The summed E-state index contributed by atoms with van der Waals surface area (Å²) in [5.41, 5.74) is 0.641. The fraction of sp³-hybridized carbons (Fsp3) is 0.667. The average Bonchev–Trinajstić information content (AvgIpc) is 3.15. The summed E-state index contributed by atoms with van der Waals surface area (Å²) >= 11 is 0. The van der Waals surface area contributed by atoms with E-state index in [1.807, 2.05) is 13.0 Å². The molecule has 29 heavy (non-hydrogen) atoms. The summed E-state index contributed by atoms with van der Waals surface area (Å²) in [7, 11) is -3.76. The summed E-state index contributed by atoms with van der Waals surface area (Å²) in [6.07, 6.45) is 1.79. The number of ether oxygens (including phenoxy) is 2. The molecule has 0 bridgehead atoms. The summed E-state index contributed by atoms with van der Waals surface area (Å²) in [6, 6.07) is 8.04. The summed E-state index contributed by atoms with van der Waals surface area (Å²) in [6.45, 7) is 6.60. The number of carbonyl (C=O) groups is 1. The fourth-order valence-corrected chi connectivity index (χ4v) is 5.06. The van der Waals surface area contributed by atoms with Crippen LogP contribution in [-0.4, -0.2) is 51.7 Å². The van der Waals surface area contributed by atoms with Gasteiger partial charge in [0, 0.05) is 12.2 Å². The van der Waals surface area contributed by atoms with Crippen LogP contribution in [0.4, 0.5) is 0 Å². The third-order valence-corrected chi connectivity index (χ3v) is 6.26. The Labute approximate surface area is 173 Å². The third-order valence-electron chi connectivity index (χ3n) is 5.68. The number of rotatable bonds is 7. The summed E-state index contributed by atoms with van der Waals surface area (Å²) in [5.74, 6) is -0.184. The zero-order valence-electron chi connectivity index (χ0n) is 17.5. The van der Waals surface area contributed by atoms with Gasteiger partial charge in [-0.15, -0.1) is 0 Å². The van der Waals surface area contributed by atoms with Crippen molar-refractivity contribution in [3.05, 3.63) is 35.9 Å². The number of benzene rings is 1. The first kappa shape index (κ1) is 22.2. The molecular formula is C21H31NO6S. The van der Waals surface area contributed by atoms with Gasteiger partial charge in [0.05, 0.1) is 12.4 Å².